The van der Waals surface area contributed by atoms with Crippen molar-refractivity contribution < 1.29 is 17.7 Å². The zero-order chi connectivity index (χ0) is 17.0. The van der Waals surface area contributed by atoms with Crippen molar-refractivity contribution in [2.45, 2.75) is 11.3 Å². The first-order valence-corrected chi connectivity index (χ1v) is 7.74. The third-order valence-electron chi connectivity index (χ3n) is 2.92. The molecule has 2 rings (SSSR count). The van der Waals surface area contributed by atoms with Crippen LogP contribution in [0.5, 0.6) is 0 Å². The fourth-order valence-corrected chi connectivity index (χ4v) is 2.87. The van der Waals surface area contributed by atoms with Crippen LogP contribution in [0.2, 0.25) is 0 Å². The Morgan fingerprint density at radius 2 is 1.87 bits per heavy atom. The number of nitrogens with one attached hydrogen (secondary N) is 1. The van der Waals surface area contributed by atoms with Crippen LogP contribution in [0.1, 0.15) is 5.56 Å². The number of sulfonamides is 1. The van der Waals surface area contributed by atoms with Crippen molar-refractivity contribution in [2.24, 2.45) is 0 Å². The molecule has 2 aromatic rings. The van der Waals surface area contributed by atoms with E-state index in [2.05, 4.69) is 4.72 Å². The van der Waals surface area contributed by atoms with E-state index >= 15 is 0 Å². The molecular formula is C14H10FN3O4S. The van der Waals surface area contributed by atoms with Gasteiger partial charge in [-0.25, -0.2) is 8.42 Å². The first kappa shape index (κ1) is 16.4. The predicted molar refractivity (Wildman–Crippen MR) is 79.6 cm³/mol. The smallest absolute Gasteiger partial charge is 0.280 e. The molecule has 0 amide bonds. The summed E-state index contributed by atoms with van der Waals surface area (Å²) in [6, 6.07) is 10.4. The molecular weight excluding hydrogens is 325 g/mol. The highest BCUT2D eigenvalue weighted by molar-refractivity contribution is 7.92. The molecule has 9 heteroatoms. The number of nitro groups is 1. The number of hydrogen-bond donors (Lipinski definition) is 1. The van der Waals surface area contributed by atoms with Gasteiger partial charge in [-0.1, -0.05) is 12.1 Å². The first-order valence-electron chi connectivity index (χ1n) is 6.26. The van der Waals surface area contributed by atoms with Gasteiger partial charge in [0.25, 0.3) is 10.0 Å². The molecule has 0 radical (unpaired) electrons. The minimum absolute atomic E-state index is 0.195. The Hall–Kier alpha value is -2.99. The molecule has 2 aromatic carbocycles. The molecule has 0 atom stereocenters. The predicted octanol–water partition coefficient (Wildman–Crippen LogP) is 2.60. The fraction of sp³-hybridized carbons (Fsp3) is 0.0714. The Balaban J connectivity index is 2.27. The van der Waals surface area contributed by atoms with E-state index < -0.39 is 31.3 Å². The van der Waals surface area contributed by atoms with Gasteiger partial charge in [-0.05, 0) is 23.8 Å². The molecule has 1 N–H and O–H groups in total. The summed E-state index contributed by atoms with van der Waals surface area (Å²) in [6.45, 7) is 0. The number of nitrogens with zero attached hydrogens (tertiary/aromatic N) is 2. The lowest BCUT2D eigenvalue weighted by molar-refractivity contribution is -0.387. The van der Waals surface area contributed by atoms with Gasteiger partial charge in [0.15, 0.2) is 0 Å². The second-order valence-corrected chi connectivity index (χ2v) is 6.19. The van der Waals surface area contributed by atoms with Crippen molar-refractivity contribution in [3.63, 3.8) is 0 Å². The number of hydrogen-bond acceptors (Lipinski definition) is 5. The largest absolute Gasteiger partial charge is 0.304 e. The minimum Gasteiger partial charge on any atom is -0.280 e. The van der Waals surface area contributed by atoms with Crippen molar-refractivity contribution in [3.05, 3.63) is 64.0 Å². The van der Waals surface area contributed by atoms with Crippen LogP contribution in [0, 0.1) is 27.3 Å². The van der Waals surface area contributed by atoms with Gasteiger partial charge in [0, 0.05) is 17.8 Å². The van der Waals surface area contributed by atoms with E-state index in [1.165, 1.54) is 12.1 Å². The molecule has 7 nitrogen and oxygen atoms in total. The van der Waals surface area contributed by atoms with Crippen LogP contribution >= 0.6 is 0 Å². The number of anilines is 1. The van der Waals surface area contributed by atoms with Gasteiger partial charge in [-0.15, -0.1) is 0 Å². The van der Waals surface area contributed by atoms with Crippen LogP contribution in [0.4, 0.5) is 15.8 Å². The van der Waals surface area contributed by atoms with E-state index in [4.69, 9.17) is 5.26 Å². The first-order chi connectivity index (χ1) is 10.8. The van der Waals surface area contributed by atoms with Crippen molar-refractivity contribution >= 4 is 21.4 Å². The molecule has 0 aliphatic carbocycles. The molecule has 0 aliphatic heterocycles. The Morgan fingerprint density at radius 1 is 1.22 bits per heavy atom. The lowest BCUT2D eigenvalue weighted by Gasteiger charge is -2.08. The highest BCUT2D eigenvalue weighted by Gasteiger charge is 2.20. The molecule has 0 unspecified atom stereocenters. The standard InChI is InChI=1S/C14H10FN3O4S/c15-13-9-12(5-6-14(13)18(19)20)23(21,22)17-11-3-1-10(2-4-11)7-8-16/h1-6,9,17H,7H2. The van der Waals surface area contributed by atoms with Crippen molar-refractivity contribution in [2.75, 3.05) is 4.72 Å². The number of nitro benzene ring substituents is 1. The molecule has 0 saturated heterocycles. The molecule has 118 valence electrons. The van der Waals surface area contributed by atoms with E-state index in [0.29, 0.717) is 6.07 Å². The summed E-state index contributed by atoms with van der Waals surface area (Å²) in [5, 5.41) is 19.1. The molecule has 23 heavy (non-hydrogen) atoms. The summed E-state index contributed by atoms with van der Waals surface area (Å²) in [6.07, 6.45) is 0.195. The second kappa shape index (κ2) is 6.41. The average molecular weight is 335 g/mol. The van der Waals surface area contributed by atoms with Gasteiger partial charge < -0.3 is 0 Å². The van der Waals surface area contributed by atoms with Gasteiger partial charge in [0.1, 0.15) is 0 Å². The molecule has 0 aromatic heterocycles. The van der Waals surface area contributed by atoms with Gasteiger partial charge in [-0.3, -0.25) is 14.8 Å². The zero-order valence-corrected chi connectivity index (χ0v) is 12.4. The minimum atomic E-state index is -4.08. The molecule has 0 fully saturated rings. The van der Waals surface area contributed by atoms with Crippen LogP contribution in [-0.4, -0.2) is 13.3 Å². The molecule has 0 aliphatic rings. The Kier molecular flexibility index (Phi) is 4.57. The zero-order valence-electron chi connectivity index (χ0n) is 11.6. The van der Waals surface area contributed by atoms with Crippen molar-refractivity contribution in [3.8, 4) is 6.07 Å². The van der Waals surface area contributed by atoms with Crippen LogP contribution in [0.3, 0.4) is 0 Å². The summed E-state index contributed by atoms with van der Waals surface area (Å²) in [7, 11) is -4.08. The van der Waals surface area contributed by atoms with E-state index in [-0.39, 0.29) is 12.1 Å². The fourth-order valence-electron chi connectivity index (χ4n) is 1.80. The topological polar surface area (TPSA) is 113 Å². The van der Waals surface area contributed by atoms with E-state index in [1.54, 1.807) is 12.1 Å². The van der Waals surface area contributed by atoms with Crippen LogP contribution in [0.25, 0.3) is 0 Å². The SMILES string of the molecule is N#CCc1ccc(NS(=O)(=O)c2ccc([N+](=O)[O-])c(F)c2)cc1. The van der Waals surface area contributed by atoms with Gasteiger partial charge >= 0.3 is 5.69 Å². The van der Waals surface area contributed by atoms with Gasteiger partial charge in [0.05, 0.1) is 22.3 Å². The Morgan fingerprint density at radius 3 is 2.39 bits per heavy atom. The number of halogens is 1. The maximum absolute atomic E-state index is 13.5. The third-order valence-corrected chi connectivity index (χ3v) is 4.29. The van der Waals surface area contributed by atoms with Crippen molar-refractivity contribution in [1.29, 1.82) is 5.26 Å². The van der Waals surface area contributed by atoms with Crippen LogP contribution < -0.4 is 4.72 Å². The lowest BCUT2D eigenvalue weighted by atomic mass is 10.1. The Labute approximate surface area is 131 Å². The maximum atomic E-state index is 13.5. The summed E-state index contributed by atoms with van der Waals surface area (Å²) < 4.78 is 40.1. The van der Waals surface area contributed by atoms with Crippen LogP contribution in [0.15, 0.2) is 47.4 Å². The summed E-state index contributed by atoms with van der Waals surface area (Å²) in [4.78, 5) is 9.17. The molecule has 0 heterocycles. The molecule has 0 bridgehead atoms. The number of nitriles is 1. The summed E-state index contributed by atoms with van der Waals surface area (Å²) in [5.74, 6) is -1.23. The Bertz CT molecular complexity index is 889. The second-order valence-electron chi connectivity index (χ2n) is 4.51. The van der Waals surface area contributed by atoms with Gasteiger partial charge in [0.2, 0.25) is 5.82 Å². The highest BCUT2D eigenvalue weighted by atomic mass is 32.2. The average Bonchev–Trinajstić information content (AvgIpc) is 2.49. The van der Waals surface area contributed by atoms with Crippen LogP contribution in [-0.2, 0) is 16.4 Å². The summed E-state index contributed by atoms with van der Waals surface area (Å²) in [5.41, 5.74) is 0.145. The highest BCUT2D eigenvalue weighted by Crippen LogP contribution is 2.22. The van der Waals surface area contributed by atoms with E-state index in [0.717, 1.165) is 17.7 Å². The monoisotopic (exact) mass is 335 g/mol. The normalized spacial score (nSPS) is 10.8. The number of rotatable bonds is 5. The van der Waals surface area contributed by atoms with Crippen molar-refractivity contribution in [1.82, 2.24) is 0 Å². The number of benzene rings is 2. The summed E-state index contributed by atoms with van der Waals surface area (Å²) >= 11 is 0. The maximum Gasteiger partial charge on any atom is 0.304 e. The quantitative estimate of drug-likeness (QED) is 0.666. The van der Waals surface area contributed by atoms with E-state index in [9.17, 15) is 22.9 Å². The van der Waals surface area contributed by atoms with Gasteiger partial charge in [-0.2, -0.15) is 9.65 Å². The third kappa shape index (κ3) is 3.81. The molecule has 0 saturated carbocycles. The molecule has 0 spiro atoms. The van der Waals surface area contributed by atoms with E-state index in [1.807, 2.05) is 6.07 Å². The lowest BCUT2D eigenvalue weighted by Crippen LogP contribution is -2.13.